The molecule has 0 saturated heterocycles. The summed E-state index contributed by atoms with van der Waals surface area (Å²) < 4.78 is 0. The first-order chi connectivity index (χ1) is 24.3. The maximum Gasteiger partial charge on any atom is 0.0612 e. The predicted molar refractivity (Wildman–Crippen MR) is 202 cm³/mol. The van der Waals surface area contributed by atoms with E-state index in [1.807, 2.05) is 0 Å². The predicted octanol–water partition coefficient (Wildman–Crippen LogP) is 11.5. The Balaban J connectivity index is 0.00000316. The number of para-hydroxylation sites is 2. The van der Waals surface area contributed by atoms with Crippen LogP contribution >= 0.6 is 0 Å². The van der Waals surface area contributed by atoms with E-state index in [-0.39, 0.29) is 1.43 Å². The van der Waals surface area contributed by atoms with E-state index < -0.39 is 0 Å². The molecule has 6 atom stereocenters. The molecule has 4 saturated carbocycles. The van der Waals surface area contributed by atoms with Gasteiger partial charge in [-0.15, -0.1) is 0 Å². The third kappa shape index (κ3) is 4.90. The zero-order valence-corrected chi connectivity index (χ0v) is 28.2. The van der Waals surface area contributed by atoms with Crippen LogP contribution in [-0.2, 0) is 6.42 Å². The molecule has 8 aliphatic carbocycles. The van der Waals surface area contributed by atoms with Gasteiger partial charge in [0.15, 0.2) is 0 Å². The second-order valence-corrected chi connectivity index (χ2v) is 15.9. The van der Waals surface area contributed by atoms with Gasteiger partial charge in [-0.3, -0.25) is 0 Å². The maximum absolute atomic E-state index is 2.79. The van der Waals surface area contributed by atoms with E-state index in [9.17, 15) is 0 Å². The molecule has 4 fully saturated rings. The van der Waals surface area contributed by atoms with Crippen molar-refractivity contribution >= 4 is 17.1 Å². The fraction of sp³-hybridized carbons (Fsp3) is 0.319. The zero-order valence-electron chi connectivity index (χ0n) is 28.2. The number of hydrogen-bond acceptors (Lipinski definition) is 2. The van der Waals surface area contributed by atoms with Crippen molar-refractivity contribution in [1.82, 2.24) is 4.90 Å². The standard InChI is InChI=1S/C47H44N2.H2/c1-3-12-36(13-4-1)48(37-14-5-2-6-15-37)47-39-16-8-7-10-33(39)28-45(46-42-29-40(42)34(27-43(46)47)21-20-30-18-19-30)49(38-23-22-31-24-35(31)25-38)44-17-9-11-32-26-41(32)44;/h1-17,22-23,25,27,30-32,35,40-42H,18-21,24,26,28-29H2;1H. The average molecular weight is 639 g/mol. The number of hydrogen-bond donors (Lipinski definition) is 0. The molecule has 0 radical (unpaired) electrons. The van der Waals surface area contributed by atoms with Crippen LogP contribution in [0.4, 0.5) is 11.4 Å². The van der Waals surface area contributed by atoms with Gasteiger partial charge in [0.2, 0.25) is 0 Å². The van der Waals surface area contributed by atoms with Crippen molar-refractivity contribution in [3.63, 3.8) is 0 Å². The molecule has 244 valence electrons. The van der Waals surface area contributed by atoms with Crippen molar-refractivity contribution in [1.29, 1.82) is 0 Å². The molecule has 8 aliphatic rings. The molecular weight excluding hydrogens is 593 g/mol. The molecule has 0 bridgehead atoms. The third-order valence-electron chi connectivity index (χ3n) is 12.7. The van der Waals surface area contributed by atoms with Crippen LogP contribution in [0.15, 0.2) is 161 Å². The summed E-state index contributed by atoms with van der Waals surface area (Å²) in [6.45, 7) is 0. The second kappa shape index (κ2) is 11.0. The Morgan fingerprint density at radius 3 is 2.24 bits per heavy atom. The highest BCUT2D eigenvalue weighted by Crippen LogP contribution is 2.62. The fourth-order valence-electron chi connectivity index (χ4n) is 9.61. The fourth-order valence-corrected chi connectivity index (χ4v) is 9.61. The van der Waals surface area contributed by atoms with Crippen LogP contribution in [0, 0.1) is 41.4 Å². The third-order valence-corrected chi connectivity index (χ3v) is 12.7. The van der Waals surface area contributed by atoms with Gasteiger partial charge in [0.1, 0.15) is 0 Å². The molecule has 0 amide bonds. The Morgan fingerprint density at radius 2 is 1.47 bits per heavy atom. The molecule has 2 nitrogen and oxygen atoms in total. The smallest absolute Gasteiger partial charge is 0.0612 e. The Morgan fingerprint density at radius 1 is 0.694 bits per heavy atom. The van der Waals surface area contributed by atoms with Crippen molar-refractivity contribution in [2.75, 3.05) is 4.90 Å². The van der Waals surface area contributed by atoms with Crippen LogP contribution < -0.4 is 4.90 Å². The summed E-state index contributed by atoms with van der Waals surface area (Å²) in [5, 5.41) is 0. The van der Waals surface area contributed by atoms with Gasteiger partial charge in [-0.1, -0.05) is 109 Å². The summed E-state index contributed by atoms with van der Waals surface area (Å²) in [5.41, 5.74) is 15.8. The zero-order chi connectivity index (χ0) is 32.1. The molecule has 11 rings (SSSR count). The molecule has 3 aromatic rings. The summed E-state index contributed by atoms with van der Waals surface area (Å²) in [5.74, 6) is 4.99. The van der Waals surface area contributed by atoms with Crippen molar-refractivity contribution in [2.45, 2.75) is 51.4 Å². The largest absolute Gasteiger partial charge is 0.317 e. The molecule has 49 heavy (non-hydrogen) atoms. The molecule has 0 aliphatic heterocycles. The Bertz CT molecular complexity index is 2030. The molecule has 0 aromatic heterocycles. The highest BCUT2D eigenvalue weighted by molar-refractivity contribution is 5.94. The van der Waals surface area contributed by atoms with Crippen LogP contribution in [-0.4, -0.2) is 4.90 Å². The highest BCUT2D eigenvalue weighted by Gasteiger charge is 2.51. The summed E-state index contributed by atoms with van der Waals surface area (Å²) in [6.07, 6.45) is 27.9. The topological polar surface area (TPSA) is 6.48 Å². The highest BCUT2D eigenvalue weighted by atomic mass is 15.2. The normalized spacial score (nSPS) is 29.7. The van der Waals surface area contributed by atoms with Crippen molar-refractivity contribution in [2.24, 2.45) is 41.4 Å². The van der Waals surface area contributed by atoms with Crippen molar-refractivity contribution in [3.8, 4) is 0 Å². The van der Waals surface area contributed by atoms with Crippen molar-refractivity contribution in [3.05, 3.63) is 172 Å². The lowest BCUT2D eigenvalue weighted by molar-refractivity contribution is 0.473. The first-order valence-electron chi connectivity index (χ1n) is 19.0. The van der Waals surface area contributed by atoms with Gasteiger partial charge in [0, 0.05) is 53.4 Å². The number of fused-ring (bicyclic) bond motifs is 6. The SMILES string of the molecule is C1=CC2CC2C(N(C2=CC3CC3C=C2)C2=C3C(=C(N(c4ccccc4)c4ccccc4)c4ccccc4C2)C=C(CCC2CC2)C2CC32)=C1.[HH]. The molecule has 0 spiro atoms. The van der Waals surface area contributed by atoms with Gasteiger partial charge < -0.3 is 9.80 Å². The lowest BCUT2D eigenvalue weighted by Crippen LogP contribution is -2.28. The van der Waals surface area contributed by atoms with Crippen molar-refractivity contribution < 1.29 is 1.43 Å². The Kier molecular flexibility index (Phi) is 6.34. The summed E-state index contributed by atoms with van der Waals surface area (Å²) >= 11 is 0. The minimum atomic E-state index is 0. The van der Waals surface area contributed by atoms with E-state index in [1.54, 1.807) is 11.1 Å². The van der Waals surface area contributed by atoms with E-state index in [1.165, 1.54) is 95.8 Å². The minimum absolute atomic E-state index is 0. The number of benzene rings is 3. The number of rotatable bonds is 9. The van der Waals surface area contributed by atoms with Gasteiger partial charge in [0.25, 0.3) is 0 Å². The lowest BCUT2D eigenvalue weighted by atomic mass is 9.84. The molecular formula is C47H46N2. The van der Waals surface area contributed by atoms with Crippen LogP contribution in [0.25, 0.3) is 5.70 Å². The van der Waals surface area contributed by atoms with Crippen LogP contribution in [0.5, 0.6) is 0 Å². The quantitative estimate of drug-likeness (QED) is 0.230. The van der Waals surface area contributed by atoms with Crippen LogP contribution in [0.1, 0.15) is 57.5 Å². The van der Waals surface area contributed by atoms with Crippen LogP contribution in [0.3, 0.4) is 0 Å². The van der Waals surface area contributed by atoms with Gasteiger partial charge in [-0.2, -0.15) is 0 Å². The summed E-state index contributed by atoms with van der Waals surface area (Å²) in [7, 11) is 0. The van der Waals surface area contributed by atoms with Crippen LogP contribution in [0.2, 0.25) is 0 Å². The number of anilines is 2. The van der Waals surface area contributed by atoms with Gasteiger partial charge in [0.05, 0.1) is 5.70 Å². The lowest BCUT2D eigenvalue weighted by Gasteiger charge is -2.36. The number of nitrogens with zero attached hydrogens (tertiary/aromatic N) is 2. The van der Waals surface area contributed by atoms with Gasteiger partial charge >= 0.3 is 0 Å². The minimum Gasteiger partial charge on any atom is -0.317 e. The van der Waals surface area contributed by atoms with E-state index in [0.29, 0.717) is 29.6 Å². The molecule has 2 heteroatoms. The Labute approximate surface area is 292 Å². The van der Waals surface area contributed by atoms with Gasteiger partial charge in [-0.05, 0) is 115 Å². The molecule has 6 unspecified atom stereocenters. The van der Waals surface area contributed by atoms with Gasteiger partial charge in [-0.25, -0.2) is 0 Å². The monoisotopic (exact) mass is 638 g/mol. The Hall–Kier alpha value is -4.56. The molecule has 0 heterocycles. The summed E-state index contributed by atoms with van der Waals surface area (Å²) in [6, 6.07) is 31.6. The van der Waals surface area contributed by atoms with E-state index >= 15 is 0 Å². The molecule has 0 N–H and O–H groups in total. The second-order valence-electron chi connectivity index (χ2n) is 15.9. The summed E-state index contributed by atoms with van der Waals surface area (Å²) in [4.78, 5) is 5.37. The molecule has 3 aromatic carbocycles. The van der Waals surface area contributed by atoms with E-state index in [2.05, 4.69) is 137 Å². The first kappa shape index (κ1) is 28.3. The number of allylic oxidation sites excluding steroid dienone is 12. The maximum atomic E-state index is 2.79. The average Bonchev–Trinajstić information content (AvgIpc) is 3.95. The van der Waals surface area contributed by atoms with E-state index in [0.717, 1.165) is 18.3 Å². The first-order valence-corrected chi connectivity index (χ1v) is 19.0. The van der Waals surface area contributed by atoms with E-state index in [4.69, 9.17) is 0 Å².